The van der Waals surface area contributed by atoms with Gasteiger partial charge in [0.1, 0.15) is 25.4 Å². The molecule has 0 aromatic rings. The average Bonchev–Trinajstić information content (AvgIpc) is 0.899. The molecule has 0 heterocycles. The van der Waals surface area contributed by atoms with Gasteiger partial charge in [0.15, 0.2) is 6.10 Å². The molecular formula is C109H192O16P2. The minimum absolute atomic E-state index is 0.0964. The summed E-state index contributed by atoms with van der Waals surface area (Å²) in [5, 5.41) is 20.8. The summed E-state index contributed by atoms with van der Waals surface area (Å²) in [6.45, 7) is 2.68. The van der Waals surface area contributed by atoms with Crippen LogP contribution in [0.3, 0.4) is 0 Å². The Balaban J connectivity index is 4.56. The summed E-state index contributed by atoms with van der Waals surface area (Å²) in [5.74, 6) is -1.56. The van der Waals surface area contributed by atoms with E-state index in [0.29, 0.717) is 19.3 Å². The number of aliphatic hydroxyl groups is 2. The second-order valence-corrected chi connectivity index (χ2v) is 37.9. The summed E-state index contributed by atoms with van der Waals surface area (Å²) in [4.78, 5) is 59.2. The molecule has 0 radical (unpaired) electrons. The maximum Gasteiger partial charge on any atom is 0.472 e. The van der Waals surface area contributed by atoms with Gasteiger partial charge >= 0.3 is 33.6 Å². The number of ether oxygens (including phenoxy) is 3. The molecule has 0 rings (SSSR count). The molecule has 0 spiro atoms. The van der Waals surface area contributed by atoms with Crippen LogP contribution in [0.25, 0.3) is 0 Å². The van der Waals surface area contributed by atoms with Gasteiger partial charge < -0.3 is 34.2 Å². The molecular weight excluding hydrogens is 1630 g/mol. The van der Waals surface area contributed by atoms with Crippen LogP contribution >= 0.6 is 15.6 Å². The molecule has 16 nitrogen and oxygen atoms in total. The van der Waals surface area contributed by atoms with Crippen molar-refractivity contribution in [2.45, 2.75) is 489 Å². The van der Waals surface area contributed by atoms with Crippen LogP contribution in [0.2, 0.25) is 0 Å². The number of unbranched alkanes of at least 4 members (excludes halogenated alkanes) is 52. The minimum Gasteiger partial charge on any atom is -0.463 e. The number of carbonyl (C=O) groups is 3. The zero-order valence-electron chi connectivity index (χ0n) is 81.4. The molecule has 0 aliphatic rings. The Morgan fingerprint density at radius 3 is 0.622 bits per heavy atom. The molecule has 18 heteroatoms. The van der Waals surface area contributed by atoms with Crippen molar-refractivity contribution in [3.63, 3.8) is 0 Å². The van der Waals surface area contributed by atoms with Gasteiger partial charge in [0, 0.05) is 19.3 Å². The first-order chi connectivity index (χ1) is 62.2. The van der Waals surface area contributed by atoms with Crippen molar-refractivity contribution in [3.8, 4) is 0 Å². The third kappa shape index (κ3) is 102. The lowest BCUT2D eigenvalue weighted by Crippen LogP contribution is -2.30. The number of rotatable bonds is 99. The predicted octanol–water partition coefficient (Wildman–Crippen LogP) is 33.0. The van der Waals surface area contributed by atoms with Crippen LogP contribution in [0.5, 0.6) is 0 Å². The van der Waals surface area contributed by atoms with Crippen molar-refractivity contribution >= 4 is 33.6 Å². The highest BCUT2D eigenvalue weighted by atomic mass is 31.2. The first-order valence-corrected chi connectivity index (χ1v) is 55.1. The molecule has 0 aromatic carbocycles. The van der Waals surface area contributed by atoms with Gasteiger partial charge in [-0.2, -0.15) is 0 Å². The summed E-state index contributed by atoms with van der Waals surface area (Å²) in [6, 6.07) is 0. The standard InChI is InChI=1S/C109H192O16P2/c1-4-7-10-13-16-19-22-25-28-31-34-37-40-43-45-47-49-50-51-52-54-56-57-60-62-65-68-71-74-77-80-83-86-89-92-95-107(112)119-98-104(110)99-121-126(115,116)122-100-105(111)101-123-127(117,118)124-103-106(125-109(114)97-94-91-88-85-82-79-76-73-70-67-64-59-42-39-36-33-30-27-24-21-18-15-12-9-6-3)102-120-108(113)96-93-90-87-84-81-78-75-72-69-66-63-61-58-55-53-48-46-44-41-38-35-32-29-26-23-20-17-14-11-8-5-2/h16-21,25-30,34-39,43-46,59,64,104-106,110-111H,4-15,22-24,31-33,40-42,47-58,60-63,65-103H2,1-3H3,(H,115,116)(H,117,118)/b19-16-,20-17-,21-18-,28-25-,29-26-,30-27-,37-34-,38-35-,39-36-,45-43-,46-44-,64-59-. The van der Waals surface area contributed by atoms with Gasteiger partial charge in [0.2, 0.25) is 0 Å². The van der Waals surface area contributed by atoms with Gasteiger partial charge in [0.25, 0.3) is 0 Å². The smallest absolute Gasteiger partial charge is 0.463 e. The molecule has 0 amide bonds. The van der Waals surface area contributed by atoms with E-state index in [4.69, 9.17) is 32.3 Å². The van der Waals surface area contributed by atoms with Gasteiger partial charge in [-0.05, 0) is 154 Å². The number of aliphatic hydroxyl groups excluding tert-OH is 2. The molecule has 5 atom stereocenters. The van der Waals surface area contributed by atoms with Crippen LogP contribution in [-0.4, -0.2) is 95.9 Å². The minimum atomic E-state index is -4.95. The van der Waals surface area contributed by atoms with Crippen molar-refractivity contribution in [1.82, 2.24) is 0 Å². The largest absolute Gasteiger partial charge is 0.472 e. The molecule has 0 bridgehead atoms. The van der Waals surface area contributed by atoms with Crippen LogP contribution in [0, 0.1) is 0 Å². The molecule has 127 heavy (non-hydrogen) atoms. The number of phosphoric ester groups is 2. The fraction of sp³-hybridized carbons (Fsp3) is 0.752. The SMILES string of the molecule is CCCCC/C=C\C/C=C\C/C=C\C/C=C\CCCCCCCCCCCCCCCCCCCCCC(=O)OCC(O)COP(=O)(O)OCC(O)COP(=O)(O)OCC(COC(=O)CCCCCCCCCCCCCCCCC/C=C\C/C=C\C/C=C\C/C=C\CCCCC)OC(=O)CCCCCCCCCCC/C=C\C/C=C\C/C=C\C/C=C\CCCCC. The Hall–Kier alpha value is -4.57. The van der Waals surface area contributed by atoms with E-state index >= 15 is 0 Å². The quantitative estimate of drug-likeness (QED) is 0.0146. The maximum atomic E-state index is 13.1. The lowest BCUT2D eigenvalue weighted by Gasteiger charge is -2.21. The molecule has 0 aliphatic carbocycles. The molecule has 4 N–H and O–H groups in total. The van der Waals surface area contributed by atoms with Crippen LogP contribution in [0.15, 0.2) is 146 Å². The normalized spacial score (nSPS) is 14.2. The second kappa shape index (κ2) is 100. The van der Waals surface area contributed by atoms with Crippen molar-refractivity contribution in [3.05, 3.63) is 146 Å². The van der Waals surface area contributed by atoms with Gasteiger partial charge in [0.05, 0.1) is 26.4 Å². The highest BCUT2D eigenvalue weighted by molar-refractivity contribution is 7.47. The Kier molecular flexibility index (Phi) is 96.8. The van der Waals surface area contributed by atoms with E-state index in [1.54, 1.807) is 0 Å². The predicted molar refractivity (Wildman–Crippen MR) is 537 cm³/mol. The Labute approximate surface area is 778 Å². The van der Waals surface area contributed by atoms with Gasteiger partial charge in [-0.3, -0.25) is 32.5 Å². The maximum absolute atomic E-state index is 13.1. The number of allylic oxidation sites excluding steroid dienone is 24. The van der Waals surface area contributed by atoms with E-state index in [-0.39, 0.29) is 19.3 Å². The lowest BCUT2D eigenvalue weighted by atomic mass is 10.0. The zero-order valence-corrected chi connectivity index (χ0v) is 83.2. The summed E-state index contributed by atoms with van der Waals surface area (Å²) >= 11 is 0. The van der Waals surface area contributed by atoms with Crippen molar-refractivity contribution in [2.24, 2.45) is 0 Å². The molecule has 0 aliphatic heterocycles. The van der Waals surface area contributed by atoms with Crippen molar-refractivity contribution < 1.29 is 75.8 Å². The summed E-state index contributed by atoms with van der Waals surface area (Å²) in [6.07, 6.45) is 129. The number of hydrogen-bond donors (Lipinski definition) is 4. The number of hydrogen-bond acceptors (Lipinski definition) is 14. The van der Waals surface area contributed by atoms with Crippen molar-refractivity contribution in [2.75, 3.05) is 39.6 Å². The average molecular weight is 1820 g/mol. The molecule has 5 unspecified atom stereocenters. The third-order valence-corrected chi connectivity index (χ3v) is 24.4. The third-order valence-electron chi connectivity index (χ3n) is 22.5. The van der Waals surface area contributed by atoms with E-state index in [1.807, 2.05) is 0 Å². The summed E-state index contributed by atoms with van der Waals surface area (Å²) in [5.41, 5.74) is 0. The van der Waals surface area contributed by atoms with E-state index in [9.17, 15) is 43.5 Å². The highest BCUT2D eigenvalue weighted by Crippen LogP contribution is 2.45. The van der Waals surface area contributed by atoms with Gasteiger partial charge in [-0.15, -0.1) is 0 Å². The molecule has 0 saturated carbocycles. The molecule has 0 fully saturated rings. The van der Waals surface area contributed by atoms with Gasteiger partial charge in [-0.25, -0.2) is 9.13 Å². The molecule has 0 saturated heterocycles. The van der Waals surface area contributed by atoms with Crippen LogP contribution in [-0.2, 0) is 55.8 Å². The van der Waals surface area contributed by atoms with Crippen LogP contribution in [0.1, 0.15) is 470 Å². The molecule has 734 valence electrons. The Bertz CT molecular complexity index is 2890. The fourth-order valence-corrected chi connectivity index (χ4v) is 16.2. The Morgan fingerprint density at radius 1 is 0.220 bits per heavy atom. The Morgan fingerprint density at radius 2 is 0.394 bits per heavy atom. The van der Waals surface area contributed by atoms with Crippen LogP contribution < -0.4 is 0 Å². The van der Waals surface area contributed by atoms with E-state index < -0.39 is 91.5 Å². The van der Waals surface area contributed by atoms with Crippen molar-refractivity contribution in [1.29, 1.82) is 0 Å². The fourth-order valence-electron chi connectivity index (χ4n) is 14.6. The highest BCUT2D eigenvalue weighted by Gasteiger charge is 2.30. The molecule has 0 aromatic heterocycles. The summed E-state index contributed by atoms with van der Waals surface area (Å²) in [7, 11) is -9.82. The first kappa shape index (κ1) is 122. The number of phosphoric acid groups is 2. The zero-order chi connectivity index (χ0) is 92.1. The lowest BCUT2D eigenvalue weighted by molar-refractivity contribution is -0.161. The van der Waals surface area contributed by atoms with E-state index in [2.05, 4.69) is 167 Å². The monoisotopic (exact) mass is 1820 g/mol. The number of esters is 3. The number of carbonyl (C=O) groups excluding carboxylic acids is 3. The second-order valence-electron chi connectivity index (χ2n) is 35.0. The topological polar surface area (TPSA) is 231 Å². The first-order valence-electron chi connectivity index (χ1n) is 52.1. The summed E-state index contributed by atoms with van der Waals surface area (Å²) < 4.78 is 61.7. The van der Waals surface area contributed by atoms with E-state index in [0.717, 1.165) is 128 Å². The van der Waals surface area contributed by atoms with E-state index in [1.165, 1.54) is 283 Å². The van der Waals surface area contributed by atoms with Gasteiger partial charge in [-0.1, -0.05) is 443 Å². The van der Waals surface area contributed by atoms with Crippen LogP contribution in [0.4, 0.5) is 0 Å².